The third-order valence-electron chi connectivity index (χ3n) is 2.70. The van der Waals surface area contributed by atoms with E-state index in [-0.39, 0.29) is 5.56 Å². The van der Waals surface area contributed by atoms with Gasteiger partial charge in [0, 0.05) is 19.2 Å². The molecule has 0 aromatic carbocycles. The number of nitrogens with zero attached hydrogens (tertiary/aromatic N) is 3. The van der Waals surface area contributed by atoms with Gasteiger partial charge in [0.1, 0.15) is 11.3 Å². The van der Waals surface area contributed by atoms with Crippen LogP contribution in [0, 0.1) is 0 Å². The zero-order valence-electron chi connectivity index (χ0n) is 9.97. The van der Waals surface area contributed by atoms with E-state index < -0.39 is 5.97 Å². The van der Waals surface area contributed by atoms with Crippen molar-refractivity contribution in [2.45, 2.75) is 33.2 Å². The van der Waals surface area contributed by atoms with Crippen LogP contribution in [0.15, 0.2) is 12.3 Å². The first kappa shape index (κ1) is 11.6. The van der Waals surface area contributed by atoms with Crippen molar-refractivity contribution in [3.05, 3.63) is 23.7 Å². The van der Waals surface area contributed by atoms with E-state index in [1.807, 2.05) is 11.5 Å². The molecule has 90 valence electrons. The predicted molar refractivity (Wildman–Crippen MR) is 64.2 cm³/mol. The molecule has 5 nitrogen and oxygen atoms in total. The lowest BCUT2D eigenvalue weighted by Crippen LogP contribution is -2.02. The van der Waals surface area contributed by atoms with Crippen LogP contribution in [-0.2, 0) is 13.0 Å². The van der Waals surface area contributed by atoms with Gasteiger partial charge in [0.2, 0.25) is 0 Å². The molecule has 17 heavy (non-hydrogen) atoms. The largest absolute Gasteiger partial charge is 0.478 e. The first-order chi connectivity index (χ1) is 8.17. The molecular formula is C12H15N3O2. The molecule has 0 unspecified atom stereocenters. The van der Waals surface area contributed by atoms with E-state index in [9.17, 15) is 4.79 Å². The molecule has 0 aliphatic rings. The molecule has 2 heterocycles. The molecule has 0 saturated heterocycles. The van der Waals surface area contributed by atoms with Gasteiger partial charge in [-0.3, -0.25) is 0 Å². The summed E-state index contributed by atoms with van der Waals surface area (Å²) in [4.78, 5) is 19.5. The summed E-state index contributed by atoms with van der Waals surface area (Å²) in [7, 11) is 0. The molecule has 2 aromatic rings. The zero-order valence-corrected chi connectivity index (χ0v) is 9.97. The predicted octanol–water partition coefficient (Wildman–Crippen LogP) is 2.10. The highest BCUT2D eigenvalue weighted by Crippen LogP contribution is 2.16. The quantitative estimate of drug-likeness (QED) is 0.878. The molecule has 0 saturated carbocycles. The highest BCUT2D eigenvalue weighted by Gasteiger charge is 2.12. The third kappa shape index (κ3) is 2.00. The highest BCUT2D eigenvalue weighted by atomic mass is 16.4. The molecule has 2 aromatic heterocycles. The van der Waals surface area contributed by atoms with E-state index in [4.69, 9.17) is 5.11 Å². The molecule has 0 bridgehead atoms. The Morgan fingerprint density at radius 1 is 1.47 bits per heavy atom. The van der Waals surface area contributed by atoms with Crippen molar-refractivity contribution in [2.75, 3.05) is 0 Å². The highest BCUT2D eigenvalue weighted by molar-refractivity contribution is 5.90. The first-order valence-electron chi connectivity index (χ1n) is 5.75. The minimum atomic E-state index is -0.970. The second kappa shape index (κ2) is 4.53. The lowest BCUT2D eigenvalue weighted by atomic mass is 10.3. The van der Waals surface area contributed by atoms with Crippen LogP contribution in [0.1, 0.15) is 36.5 Å². The number of hydrogen-bond acceptors (Lipinski definition) is 3. The maximum atomic E-state index is 10.9. The summed E-state index contributed by atoms with van der Waals surface area (Å²) in [5.41, 5.74) is 1.61. The fraction of sp³-hybridized carbons (Fsp3) is 0.417. The van der Waals surface area contributed by atoms with Crippen molar-refractivity contribution in [1.82, 2.24) is 14.5 Å². The number of aryl methyl sites for hydroxylation is 2. The SMILES string of the molecule is CCCc1nc2cc(C(=O)O)cnc2n1CC. The second-order valence-electron chi connectivity index (χ2n) is 3.89. The van der Waals surface area contributed by atoms with Crippen LogP contribution in [0.2, 0.25) is 0 Å². The molecule has 5 heteroatoms. The van der Waals surface area contributed by atoms with Crippen molar-refractivity contribution in [3.8, 4) is 0 Å². The first-order valence-corrected chi connectivity index (χ1v) is 5.75. The van der Waals surface area contributed by atoms with Crippen molar-refractivity contribution in [1.29, 1.82) is 0 Å². The van der Waals surface area contributed by atoms with Crippen LogP contribution in [-0.4, -0.2) is 25.6 Å². The summed E-state index contributed by atoms with van der Waals surface area (Å²) in [5.74, 6) is 0.00234. The number of pyridine rings is 1. The van der Waals surface area contributed by atoms with Crippen molar-refractivity contribution < 1.29 is 9.90 Å². The average molecular weight is 233 g/mol. The Balaban J connectivity index is 2.60. The Morgan fingerprint density at radius 3 is 2.82 bits per heavy atom. The summed E-state index contributed by atoms with van der Waals surface area (Å²) in [6, 6.07) is 1.58. The molecule has 0 aliphatic carbocycles. The molecule has 1 N–H and O–H groups in total. The molecule has 0 radical (unpaired) electrons. The summed E-state index contributed by atoms with van der Waals surface area (Å²) in [6.07, 6.45) is 3.27. The number of carboxylic acids is 1. The monoisotopic (exact) mass is 233 g/mol. The number of aromatic nitrogens is 3. The van der Waals surface area contributed by atoms with Gasteiger partial charge in [0.15, 0.2) is 5.65 Å². The fourth-order valence-corrected chi connectivity index (χ4v) is 1.92. The lowest BCUT2D eigenvalue weighted by Gasteiger charge is -2.03. The summed E-state index contributed by atoms with van der Waals surface area (Å²) in [6.45, 7) is 4.92. The third-order valence-corrected chi connectivity index (χ3v) is 2.70. The summed E-state index contributed by atoms with van der Waals surface area (Å²) < 4.78 is 2.03. The maximum Gasteiger partial charge on any atom is 0.337 e. The number of aromatic carboxylic acids is 1. The van der Waals surface area contributed by atoms with Gasteiger partial charge in [0.25, 0.3) is 0 Å². The number of rotatable bonds is 4. The van der Waals surface area contributed by atoms with Gasteiger partial charge in [-0.05, 0) is 19.4 Å². The molecule has 0 amide bonds. The number of carbonyl (C=O) groups is 1. The van der Waals surface area contributed by atoms with Gasteiger partial charge in [-0.2, -0.15) is 0 Å². The standard InChI is InChI=1S/C12H15N3O2/c1-3-5-10-14-9-6-8(12(16)17)7-13-11(9)15(10)4-2/h6-7H,3-5H2,1-2H3,(H,16,17). The normalized spacial score (nSPS) is 10.9. The van der Waals surface area contributed by atoms with Crippen LogP contribution >= 0.6 is 0 Å². The molecule has 0 spiro atoms. The number of hydrogen-bond donors (Lipinski definition) is 1. The Bertz CT molecular complexity index is 560. The lowest BCUT2D eigenvalue weighted by molar-refractivity contribution is 0.0696. The van der Waals surface area contributed by atoms with E-state index in [2.05, 4.69) is 16.9 Å². The van der Waals surface area contributed by atoms with Gasteiger partial charge in [-0.15, -0.1) is 0 Å². The van der Waals surface area contributed by atoms with Crippen LogP contribution in [0.3, 0.4) is 0 Å². The molecule has 0 atom stereocenters. The van der Waals surface area contributed by atoms with E-state index >= 15 is 0 Å². The van der Waals surface area contributed by atoms with E-state index in [0.717, 1.165) is 30.9 Å². The van der Waals surface area contributed by atoms with Gasteiger partial charge in [0.05, 0.1) is 5.56 Å². The summed E-state index contributed by atoms with van der Waals surface area (Å²) >= 11 is 0. The fourth-order valence-electron chi connectivity index (χ4n) is 1.92. The van der Waals surface area contributed by atoms with Gasteiger partial charge >= 0.3 is 5.97 Å². The smallest absolute Gasteiger partial charge is 0.337 e. The topological polar surface area (TPSA) is 68.0 Å². The van der Waals surface area contributed by atoms with Crippen LogP contribution in [0.5, 0.6) is 0 Å². The molecule has 0 aliphatic heterocycles. The average Bonchev–Trinajstić information content (AvgIpc) is 2.65. The van der Waals surface area contributed by atoms with Gasteiger partial charge in [-0.25, -0.2) is 14.8 Å². The van der Waals surface area contributed by atoms with Crippen LogP contribution < -0.4 is 0 Å². The van der Waals surface area contributed by atoms with Crippen LogP contribution in [0.25, 0.3) is 11.2 Å². The summed E-state index contributed by atoms with van der Waals surface area (Å²) in [5, 5.41) is 8.91. The van der Waals surface area contributed by atoms with Gasteiger partial charge < -0.3 is 9.67 Å². The number of imidazole rings is 1. The van der Waals surface area contributed by atoms with Crippen molar-refractivity contribution in [2.24, 2.45) is 0 Å². The van der Waals surface area contributed by atoms with Crippen LogP contribution in [0.4, 0.5) is 0 Å². The van der Waals surface area contributed by atoms with Crippen molar-refractivity contribution in [3.63, 3.8) is 0 Å². The minimum absolute atomic E-state index is 0.182. The van der Waals surface area contributed by atoms with E-state index in [1.54, 1.807) is 6.07 Å². The van der Waals surface area contributed by atoms with E-state index in [0.29, 0.717) is 5.52 Å². The van der Waals surface area contributed by atoms with Crippen molar-refractivity contribution >= 4 is 17.1 Å². The zero-order chi connectivity index (χ0) is 12.4. The number of fused-ring (bicyclic) bond motifs is 1. The molecule has 2 rings (SSSR count). The maximum absolute atomic E-state index is 10.9. The second-order valence-corrected chi connectivity index (χ2v) is 3.89. The minimum Gasteiger partial charge on any atom is -0.478 e. The Hall–Kier alpha value is -1.91. The molecular weight excluding hydrogens is 218 g/mol. The Kier molecular flexibility index (Phi) is 3.08. The Morgan fingerprint density at radius 2 is 2.24 bits per heavy atom. The van der Waals surface area contributed by atoms with E-state index in [1.165, 1.54) is 6.20 Å². The molecule has 0 fully saturated rings. The Labute approximate surface area is 99.1 Å². The number of carboxylic acid groups (broad SMARTS) is 1. The van der Waals surface area contributed by atoms with Gasteiger partial charge in [-0.1, -0.05) is 6.92 Å².